The number of methoxy groups -OCH3 is 1. The van der Waals surface area contributed by atoms with Crippen LogP contribution in [0.25, 0.3) is 0 Å². The van der Waals surface area contributed by atoms with E-state index in [4.69, 9.17) is 16.3 Å². The first-order valence-electron chi connectivity index (χ1n) is 10.4. The van der Waals surface area contributed by atoms with Crippen molar-refractivity contribution in [3.63, 3.8) is 0 Å². The molecule has 2 atom stereocenters. The van der Waals surface area contributed by atoms with E-state index in [1.165, 1.54) is 17.7 Å². The number of nitrogens with zero attached hydrogens (tertiary/aromatic N) is 2. The van der Waals surface area contributed by atoms with Gasteiger partial charge in [0.2, 0.25) is 0 Å². The van der Waals surface area contributed by atoms with Gasteiger partial charge < -0.3 is 20.3 Å². The highest BCUT2D eigenvalue weighted by Gasteiger charge is 2.29. The predicted octanol–water partition coefficient (Wildman–Crippen LogP) is 2.58. The lowest BCUT2D eigenvalue weighted by atomic mass is 10.0. The predicted molar refractivity (Wildman–Crippen MR) is 124 cm³/mol. The number of amides is 1. The molecule has 3 aromatic rings. The van der Waals surface area contributed by atoms with Crippen molar-refractivity contribution in [2.24, 2.45) is 0 Å². The van der Waals surface area contributed by atoms with Crippen LogP contribution in [0, 0.1) is 0 Å². The molecule has 3 N–H and O–H groups in total. The number of benzene rings is 2. The van der Waals surface area contributed by atoms with Crippen LogP contribution in [-0.4, -0.2) is 56.9 Å². The highest BCUT2D eigenvalue weighted by Crippen LogP contribution is 2.19. The van der Waals surface area contributed by atoms with Gasteiger partial charge in [0.25, 0.3) is 5.91 Å². The van der Waals surface area contributed by atoms with E-state index < -0.39 is 24.0 Å². The topological polar surface area (TPSA) is 131 Å². The van der Waals surface area contributed by atoms with Gasteiger partial charge in [-0.1, -0.05) is 41.9 Å². The molecule has 0 bridgehead atoms. The smallest absolute Gasteiger partial charge is 0.334 e. The third kappa shape index (κ3) is 6.00. The average molecular weight is 486 g/mol. The minimum atomic E-state index is -1.88. The van der Waals surface area contributed by atoms with Gasteiger partial charge in [-0.05, 0) is 35.7 Å². The number of carbonyl (C=O) groups is 3. The van der Waals surface area contributed by atoms with Crippen molar-refractivity contribution in [1.29, 1.82) is 0 Å². The first kappa shape index (κ1) is 24.9. The van der Waals surface area contributed by atoms with Crippen molar-refractivity contribution in [3.05, 3.63) is 82.1 Å². The zero-order valence-electron chi connectivity index (χ0n) is 18.6. The maximum Gasteiger partial charge on any atom is 0.334 e. The molecule has 0 saturated heterocycles. The van der Waals surface area contributed by atoms with Gasteiger partial charge in [0, 0.05) is 18.0 Å². The fraction of sp³-hybridized carbons (Fsp3) is 0.250. The summed E-state index contributed by atoms with van der Waals surface area (Å²) < 4.78 is 6.54. The quantitative estimate of drug-likeness (QED) is 0.376. The number of rotatable bonds is 10. The molecule has 0 unspecified atom stereocenters. The third-order valence-electron chi connectivity index (χ3n) is 5.21. The Labute approximate surface area is 200 Å². The van der Waals surface area contributed by atoms with Gasteiger partial charge in [-0.3, -0.25) is 14.3 Å². The molecule has 34 heavy (non-hydrogen) atoms. The lowest BCUT2D eigenvalue weighted by molar-refractivity contribution is -0.148. The van der Waals surface area contributed by atoms with E-state index >= 15 is 0 Å². The first-order valence-corrected chi connectivity index (χ1v) is 10.7. The van der Waals surface area contributed by atoms with Gasteiger partial charge >= 0.3 is 5.97 Å². The van der Waals surface area contributed by atoms with Crippen LogP contribution >= 0.6 is 11.6 Å². The largest absolute Gasteiger partial charge is 0.497 e. The average Bonchev–Trinajstić information content (AvgIpc) is 3.24. The number of aliphatic carboxylic acids is 1. The molecule has 0 spiro atoms. The van der Waals surface area contributed by atoms with E-state index in [0.29, 0.717) is 16.3 Å². The monoisotopic (exact) mass is 485 g/mol. The van der Waals surface area contributed by atoms with Crippen molar-refractivity contribution in [3.8, 4) is 5.75 Å². The summed E-state index contributed by atoms with van der Waals surface area (Å²) >= 11 is 6.16. The molecule has 0 radical (unpaired) electrons. The number of ether oxygens (including phenoxy) is 1. The highest BCUT2D eigenvalue weighted by atomic mass is 35.5. The molecule has 1 aromatic heterocycles. The van der Waals surface area contributed by atoms with Crippen LogP contribution in [-0.2, 0) is 17.8 Å². The Balaban J connectivity index is 1.84. The van der Waals surface area contributed by atoms with E-state index in [1.54, 1.807) is 43.5 Å². The Morgan fingerprint density at radius 3 is 2.41 bits per heavy atom. The second kappa shape index (κ2) is 11.0. The molecular formula is C24H24ClN3O6. The highest BCUT2D eigenvalue weighted by molar-refractivity contribution is 6.31. The molecule has 3 rings (SSSR count). The number of carboxylic acids is 1. The Morgan fingerprint density at radius 2 is 1.82 bits per heavy atom. The van der Waals surface area contributed by atoms with E-state index in [9.17, 15) is 24.6 Å². The second-order valence-corrected chi connectivity index (χ2v) is 8.04. The summed E-state index contributed by atoms with van der Waals surface area (Å²) in [6.07, 6.45) is -1.90. The van der Waals surface area contributed by atoms with Crippen molar-refractivity contribution in [2.75, 3.05) is 7.11 Å². The molecule has 1 amide bonds. The number of aromatic nitrogens is 2. The number of nitrogens with one attached hydrogen (secondary N) is 1. The van der Waals surface area contributed by atoms with Crippen molar-refractivity contribution >= 4 is 29.3 Å². The first-order chi connectivity index (χ1) is 16.2. The van der Waals surface area contributed by atoms with Crippen LogP contribution in [0.2, 0.25) is 5.02 Å². The van der Waals surface area contributed by atoms with Gasteiger partial charge in [-0.25, -0.2) is 4.79 Å². The van der Waals surface area contributed by atoms with Crippen molar-refractivity contribution in [2.45, 2.75) is 32.0 Å². The maximum absolute atomic E-state index is 12.9. The summed E-state index contributed by atoms with van der Waals surface area (Å²) in [5.41, 5.74) is 1.52. The number of aliphatic hydroxyl groups excluding tert-OH is 1. The molecule has 0 fully saturated rings. The van der Waals surface area contributed by atoms with E-state index in [0.717, 1.165) is 5.56 Å². The summed E-state index contributed by atoms with van der Waals surface area (Å²) in [6.45, 7) is 1.59. The molecule has 10 heteroatoms. The number of hydrogen-bond donors (Lipinski definition) is 3. The van der Waals surface area contributed by atoms with Crippen LogP contribution in [0.3, 0.4) is 0 Å². The lowest BCUT2D eigenvalue weighted by Gasteiger charge is -2.21. The molecule has 0 aliphatic heterocycles. The standard InChI is InChI=1S/C24H24ClN3O6/c1-14(29)21-12-20(27-28(21)13-15-7-9-17(34-2)10-8-15)23(31)26-19(22(30)24(32)33)11-16-5-3-4-6-18(16)25/h3-10,12,19,22,30H,11,13H2,1-2H3,(H,26,31)(H,32,33)/t19-,22-/m1/s1. The van der Waals surface area contributed by atoms with Gasteiger partial charge in [-0.15, -0.1) is 0 Å². The third-order valence-corrected chi connectivity index (χ3v) is 5.58. The fourth-order valence-electron chi connectivity index (χ4n) is 3.39. The summed E-state index contributed by atoms with van der Waals surface area (Å²) in [7, 11) is 1.56. The minimum Gasteiger partial charge on any atom is -0.497 e. The lowest BCUT2D eigenvalue weighted by Crippen LogP contribution is -2.48. The summed E-state index contributed by atoms with van der Waals surface area (Å²) in [6, 6.07) is 14.0. The van der Waals surface area contributed by atoms with Gasteiger partial charge in [0.1, 0.15) is 11.4 Å². The number of carboxylic acid groups (broad SMARTS) is 1. The Hall–Kier alpha value is -3.69. The Kier molecular flexibility index (Phi) is 8.04. The normalized spacial score (nSPS) is 12.6. The molecule has 178 valence electrons. The van der Waals surface area contributed by atoms with Gasteiger partial charge in [0.05, 0.1) is 19.7 Å². The summed E-state index contributed by atoms with van der Waals surface area (Å²) in [5, 5.41) is 26.6. The number of ketones is 1. The second-order valence-electron chi connectivity index (χ2n) is 7.64. The number of halogens is 1. The summed E-state index contributed by atoms with van der Waals surface area (Å²) in [4.78, 5) is 36.5. The van der Waals surface area contributed by atoms with Crippen molar-refractivity contribution < 1.29 is 29.3 Å². The number of aliphatic hydroxyl groups is 1. The number of carbonyl (C=O) groups excluding carboxylic acids is 2. The molecule has 2 aromatic carbocycles. The van der Waals surface area contributed by atoms with E-state index in [2.05, 4.69) is 10.4 Å². The summed E-state index contributed by atoms with van der Waals surface area (Å²) in [5.74, 6) is -1.84. The molecule has 9 nitrogen and oxygen atoms in total. The zero-order chi connectivity index (χ0) is 24.8. The molecule has 0 aliphatic carbocycles. The van der Waals surface area contributed by atoms with Crippen molar-refractivity contribution in [1.82, 2.24) is 15.1 Å². The SMILES string of the molecule is COc1ccc(Cn2nc(C(=O)N[C@H](Cc3ccccc3Cl)[C@@H](O)C(=O)O)cc2C(C)=O)cc1. The minimum absolute atomic E-state index is 0.0228. The molecule has 1 heterocycles. The molecule has 0 saturated carbocycles. The van der Waals surface area contributed by atoms with Gasteiger partial charge in [-0.2, -0.15) is 5.10 Å². The van der Waals surface area contributed by atoms with Gasteiger partial charge in [0.15, 0.2) is 17.6 Å². The van der Waals surface area contributed by atoms with Crippen LogP contribution in [0.15, 0.2) is 54.6 Å². The fourth-order valence-corrected chi connectivity index (χ4v) is 3.61. The number of hydrogen-bond acceptors (Lipinski definition) is 6. The van der Waals surface area contributed by atoms with E-state index in [-0.39, 0.29) is 30.1 Å². The van der Waals surface area contributed by atoms with Crippen LogP contribution in [0.5, 0.6) is 5.75 Å². The van der Waals surface area contributed by atoms with Crippen LogP contribution in [0.4, 0.5) is 0 Å². The maximum atomic E-state index is 12.9. The number of Topliss-reactive ketones (excluding diaryl/α,β-unsaturated/α-hetero) is 1. The Morgan fingerprint density at radius 1 is 1.15 bits per heavy atom. The Bertz CT molecular complexity index is 1190. The van der Waals surface area contributed by atoms with Crippen LogP contribution < -0.4 is 10.1 Å². The van der Waals surface area contributed by atoms with Crippen LogP contribution in [0.1, 0.15) is 39.0 Å². The zero-order valence-corrected chi connectivity index (χ0v) is 19.3. The molecular weight excluding hydrogens is 462 g/mol. The molecule has 0 aliphatic rings. The van der Waals surface area contributed by atoms with E-state index in [1.807, 2.05) is 12.1 Å².